The van der Waals surface area contributed by atoms with E-state index in [1.165, 1.54) is 6.20 Å². The summed E-state index contributed by atoms with van der Waals surface area (Å²) in [6, 6.07) is 7.10. The van der Waals surface area contributed by atoms with E-state index in [9.17, 15) is 9.59 Å². The molecule has 1 unspecified atom stereocenters. The first kappa shape index (κ1) is 25.6. The maximum Gasteiger partial charge on any atom is 0.419 e. The van der Waals surface area contributed by atoms with E-state index in [0.29, 0.717) is 67.6 Å². The Bertz CT molecular complexity index is 1610. The maximum atomic E-state index is 12.8. The predicted octanol–water partition coefficient (Wildman–Crippen LogP) is 3.01. The average molecular weight is 545 g/mol. The molecule has 0 aliphatic carbocycles. The van der Waals surface area contributed by atoms with Crippen molar-refractivity contribution < 1.29 is 28.5 Å². The van der Waals surface area contributed by atoms with Crippen LogP contribution in [0.15, 0.2) is 65.3 Å². The van der Waals surface area contributed by atoms with Gasteiger partial charge in [0.15, 0.2) is 11.5 Å². The second-order valence-corrected chi connectivity index (χ2v) is 9.37. The molecule has 1 aromatic carbocycles. The zero-order chi connectivity index (χ0) is 27.6. The molecule has 5 heterocycles. The van der Waals surface area contributed by atoms with Crippen LogP contribution in [-0.4, -0.2) is 71.0 Å². The van der Waals surface area contributed by atoms with Gasteiger partial charge in [0.25, 0.3) is 5.91 Å². The molecule has 0 saturated carbocycles. The second-order valence-electron chi connectivity index (χ2n) is 9.37. The summed E-state index contributed by atoms with van der Waals surface area (Å²) in [6.45, 7) is 4.15. The van der Waals surface area contributed by atoms with Crippen LogP contribution in [-0.2, 0) is 16.0 Å². The summed E-state index contributed by atoms with van der Waals surface area (Å²) in [6.07, 6.45) is 6.57. The third-order valence-electron chi connectivity index (χ3n) is 6.93. The van der Waals surface area contributed by atoms with Crippen LogP contribution in [0.5, 0.6) is 11.5 Å². The van der Waals surface area contributed by atoms with Gasteiger partial charge in [-0.25, -0.2) is 9.78 Å². The number of aromatic nitrogens is 3. The first-order valence-corrected chi connectivity index (χ1v) is 13.0. The van der Waals surface area contributed by atoms with Gasteiger partial charge in [-0.1, -0.05) is 0 Å². The molecule has 3 aromatic rings. The summed E-state index contributed by atoms with van der Waals surface area (Å²) in [5.74, 6) is 1.84. The van der Waals surface area contributed by atoms with Crippen molar-refractivity contribution in [2.24, 2.45) is 4.99 Å². The van der Waals surface area contributed by atoms with Gasteiger partial charge in [0.2, 0.25) is 5.62 Å². The van der Waals surface area contributed by atoms with Crippen LogP contribution >= 0.6 is 0 Å². The predicted molar refractivity (Wildman–Crippen MR) is 144 cm³/mol. The molecule has 12 nitrogen and oxygen atoms in total. The molecule has 12 heteroatoms. The van der Waals surface area contributed by atoms with Crippen molar-refractivity contribution in [3.05, 3.63) is 71.4 Å². The number of nitrogens with one attached hydrogen (secondary N) is 1. The average Bonchev–Trinajstić information content (AvgIpc) is 3.48. The van der Waals surface area contributed by atoms with Crippen LogP contribution in [0, 0.1) is 0 Å². The van der Waals surface area contributed by atoms with Crippen LogP contribution in [0.3, 0.4) is 0 Å². The number of benzene rings is 1. The Balaban J connectivity index is 1.23. The molecular formula is C28H28N6O6. The van der Waals surface area contributed by atoms with E-state index in [-0.39, 0.29) is 11.7 Å². The van der Waals surface area contributed by atoms with E-state index in [2.05, 4.69) is 15.3 Å². The first-order valence-electron chi connectivity index (χ1n) is 13.0. The van der Waals surface area contributed by atoms with Gasteiger partial charge in [0.05, 0.1) is 44.2 Å². The van der Waals surface area contributed by atoms with E-state index < -0.39 is 12.0 Å². The van der Waals surface area contributed by atoms with E-state index in [1.54, 1.807) is 36.4 Å². The van der Waals surface area contributed by atoms with Gasteiger partial charge in [-0.05, 0) is 37.3 Å². The Hall–Kier alpha value is -4.71. The molecule has 3 aliphatic heterocycles. The molecule has 2 aromatic heterocycles. The Labute approximate surface area is 229 Å². The van der Waals surface area contributed by atoms with Gasteiger partial charge < -0.3 is 24.3 Å². The standard InChI is InChI=1S/C28H28N6O6/c1-3-19-13-18-16-39-20(15-34(18)28(36)40-19)8-12-38-22-7-6-21-23(24(22)37-2)31-27(33-11-10-30-25(21)33)32-26(35)17-5-4-9-29-14-17/h3-7,9,13-14,20,30H,8,10-12,15-16H2,1-2H3/b19-3+,32-27?. The molecule has 6 rings (SSSR count). The molecular weight excluding hydrogens is 516 g/mol. The fourth-order valence-electron chi connectivity index (χ4n) is 4.92. The Morgan fingerprint density at radius 3 is 3.02 bits per heavy atom. The van der Waals surface area contributed by atoms with Crippen molar-refractivity contribution in [1.29, 1.82) is 0 Å². The summed E-state index contributed by atoms with van der Waals surface area (Å²) in [7, 11) is 1.55. The normalized spacial score (nSPS) is 19.6. The molecule has 206 valence electrons. The Morgan fingerprint density at radius 1 is 1.32 bits per heavy atom. The minimum absolute atomic E-state index is 0.214. The molecule has 1 atom stereocenters. The number of rotatable bonds is 6. The number of anilines is 1. The topological polar surface area (TPSA) is 129 Å². The number of morpholine rings is 1. The molecule has 0 bridgehead atoms. The highest BCUT2D eigenvalue weighted by Gasteiger charge is 2.33. The van der Waals surface area contributed by atoms with Gasteiger partial charge in [-0.2, -0.15) is 4.99 Å². The number of cyclic esters (lactones) is 1. The highest BCUT2D eigenvalue weighted by atomic mass is 16.6. The van der Waals surface area contributed by atoms with Gasteiger partial charge in [0.1, 0.15) is 17.1 Å². The molecule has 2 amide bonds. The van der Waals surface area contributed by atoms with Crippen molar-refractivity contribution in [1.82, 2.24) is 19.4 Å². The summed E-state index contributed by atoms with van der Waals surface area (Å²) < 4.78 is 25.0. The van der Waals surface area contributed by atoms with Crippen molar-refractivity contribution >= 4 is 28.7 Å². The minimum Gasteiger partial charge on any atom is -0.491 e. The van der Waals surface area contributed by atoms with Crippen molar-refractivity contribution in [2.45, 2.75) is 26.0 Å². The fourth-order valence-corrected chi connectivity index (χ4v) is 4.92. The zero-order valence-electron chi connectivity index (χ0n) is 22.1. The quantitative estimate of drug-likeness (QED) is 0.498. The molecule has 1 fully saturated rings. The molecule has 40 heavy (non-hydrogen) atoms. The van der Waals surface area contributed by atoms with Crippen molar-refractivity contribution in [2.75, 3.05) is 38.7 Å². The number of allylic oxidation sites excluding steroid dienone is 2. The molecule has 1 saturated heterocycles. The van der Waals surface area contributed by atoms with E-state index >= 15 is 0 Å². The fraction of sp³-hybridized carbons (Fsp3) is 0.321. The summed E-state index contributed by atoms with van der Waals surface area (Å²) in [5.41, 5.74) is 1.95. The number of nitrogens with zero attached hydrogens (tertiary/aromatic N) is 5. The van der Waals surface area contributed by atoms with Gasteiger partial charge in [-0.3, -0.25) is 19.2 Å². The molecule has 1 N–H and O–H groups in total. The van der Waals surface area contributed by atoms with Crippen LogP contribution in [0.4, 0.5) is 10.6 Å². The SMILES string of the molecule is C/C=C1\C=C2COC(CCOc3ccc4c5n(c(=NC(=O)c6cccnc6)nc4c3OC)CCN5)CN2C(=O)O1. The van der Waals surface area contributed by atoms with Gasteiger partial charge in [-0.15, -0.1) is 0 Å². The first-order chi connectivity index (χ1) is 19.6. The number of methoxy groups -OCH3 is 1. The summed E-state index contributed by atoms with van der Waals surface area (Å²) in [4.78, 5) is 39.8. The largest absolute Gasteiger partial charge is 0.491 e. The number of hydrogen-bond donors (Lipinski definition) is 1. The number of carbonyl (C=O) groups excluding carboxylic acids is 2. The van der Waals surface area contributed by atoms with E-state index in [1.807, 2.05) is 29.7 Å². The minimum atomic E-state index is -0.432. The van der Waals surface area contributed by atoms with E-state index in [4.69, 9.17) is 23.9 Å². The molecule has 0 spiro atoms. The summed E-state index contributed by atoms with van der Waals surface area (Å²) in [5, 5.41) is 4.19. The number of carbonyl (C=O) groups is 2. The monoisotopic (exact) mass is 544 g/mol. The lowest BCUT2D eigenvalue weighted by molar-refractivity contribution is -0.0116. The van der Waals surface area contributed by atoms with Crippen LogP contribution in [0.1, 0.15) is 23.7 Å². The number of pyridine rings is 1. The van der Waals surface area contributed by atoms with Gasteiger partial charge in [0, 0.05) is 43.4 Å². The van der Waals surface area contributed by atoms with Crippen LogP contribution < -0.4 is 20.4 Å². The lowest BCUT2D eigenvalue weighted by Gasteiger charge is -2.36. The third-order valence-corrected chi connectivity index (χ3v) is 6.93. The number of ether oxygens (including phenoxy) is 4. The molecule has 0 radical (unpaired) electrons. The Kier molecular flexibility index (Phi) is 6.91. The summed E-state index contributed by atoms with van der Waals surface area (Å²) >= 11 is 0. The Morgan fingerprint density at radius 2 is 2.23 bits per heavy atom. The lowest BCUT2D eigenvalue weighted by atomic mass is 10.1. The lowest BCUT2D eigenvalue weighted by Crippen LogP contribution is -2.46. The highest BCUT2D eigenvalue weighted by Crippen LogP contribution is 2.37. The molecule has 3 aliphatic rings. The van der Waals surface area contributed by atoms with Crippen LogP contribution in [0.2, 0.25) is 0 Å². The van der Waals surface area contributed by atoms with Crippen molar-refractivity contribution in [3.8, 4) is 11.5 Å². The number of amides is 2. The van der Waals surface area contributed by atoms with Crippen molar-refractivity contribution in [3.63, 3.8) is 0 Å². The highest BCUT2D eigenvalue weighted by molar-refractivity contribution is 5.96. The smallest absolute Gasteiger partial charge is 0.419 e. The number of hydrogen-bond acceptors (Lipinski definition) is 9. The second kappa shape index (κ2) is 10.8. The zero-order valence-corrected chi connectivity index (χ0v) is 22.1. The van der Waals surface area contributed by atoms with Gasteiger partial charge >= 0.3 is 6.09 Å². The maximum absolute atomic E-state index is 12.8. The van der Waals surface area contributed by atoms with Crippen LogP contribution in [0.25, 0.3) is 10.9 Å². The van der Waals surface area contributed by atoms with E-state index in [0.717, 1.165) is 16.9 Å². The third kappa shape index (κ3) is 4.77. The number of fused-ring (bicyclic) bond motifs is 4.